The van der Waals surface area contributed by atoms with E-state index in [1.54, 1.807) is 0 Å². The zero-order valence-electron chi connectivity index (χ0n) is 9.95. The van der Waals surface area contributed by atoms with E-state index in [4.69, 9.17) is 4.55 Å². The van der Waals surface area contributed by atoms with Crippen LogP contribution in [0.5, 0.6) is 11.5 Å². The van der Waals surface area contributed by atoms with Crippen molar-refractivity contribution in [2.24, 2.45) is 0 Å². The molecule has 0 aliphatic heterocycles. The molecule has 2 aromatic rings. The van der Waals surface area contributed by atoms with Crippen molar-refractivity contribution in [2.45, 2.75) is 4.90 Å². The van der Waals surface area contributed by atoms with E-state index in [0.29, 0.717) is 0 Å². The van der Waals surface area contributed by atoms with Crippen molar-refractivity contribution in [1.82, 2.24) is 0 Å². The minimum absolute atomic E-state index is 0. The Bertz CT molecular complexity index is 663. The zero-order valence-corrected chi connectivity index (χ0v) is 11.8. The van der Waals surface area contributed by atoms with E-state index >= 15 is 0 Å². The van der Waals surface area contributed by atoms with E-state index in [2.05, 4.69) is 0 Å². The van der Waals surface area contributed by atoms with Crippen LogP contribution >= 0.6 is 0 Å². The van der Waals surface area contributed by atoms with Gasteiger partial charge in [0.2, 0.25) is 0 Å². The Morgan fingerprint density at radius 1 is 1.00 bits per heavy atom. The first-order valence-corrected chi connectivity index (χ1v) is 5.76. The van der Waals surface area contributed by atoms with E-state index in [-0.39, 0.29) is 58.2 Å². The third-order valence-electron chi connectivity index (χ3n) is 2.23. The van der Waals surface area contributed by atoms with Crippen LogP contribution in [0.25, 0.3) is 10.8 Å². The van der Waals surface area contributed by atoms with Gasteiger partial charge in [0.1, 0.15) is 16.4 Å². The van der Waals surface area contributed by atoms with Crippen molar-refractivity contribution < 1.29 is 54.2 Å². The standard InChI is InChI=1S/C10H8O5S.Na.H/c11-7-3-1-2-6-9(16(13,14)15)5-4-8(12)10(6)7;;/h1-5,11-12H,(H,13,14,15);;/q;+1;-1. The van der Waals surface area contributed by atoms with Crippen LogP contribution in [0.15, 0.2) is 35.2 Å². The number of fused-ring (bicyclic) bond motifs is 1. The molecule has 0 unspecified atom stereocenters. The van der Waals surface area contributed by atoms with E-state index in [1.165, 1.54) is 18.2 Å². The van der Waals surface area contributed by atoms with Crippen LogP contribution < -0.4 is 29.6 Å². The minimum atomic E-state index is -4.39. The maximum atomic E-state index is 11.1. The van der Waals surface area contributed by atoms with E-state index in [0.717, 1.165) is 12.1 Å². The van der Waals surface area contributed by atoms with Gasteiger partial charge in [0.15, 0.2) is 0 Å². The van der Waals surface area contributed by atoms with Gasteiger partial charge in [-0.2, -0.15) is 8.42 Å². The van der Waals surface area contributed by atoms with Gasteiger partial charge in [0, 0.05) is 5.39 Å². The average molecular weight is 264 g/mol. The van der Waals surface area contributed by atoms with Crippen molar-refractivity contribution in [3.05, 3.63) is 30.3 Å². The number of aromatic hydroxyl groups is 2. The monoisotopic (exact) mass is 264 g/mol. The number of hydrogen-bond acceptors (Lipinski definition) is 4. The van der Waals surface area contributed by atoms with Crippen molar-refractivity contribution in [2.75, 3.05) is 0 Å². The largest absolute Gasteiger partial charge is 1.00 e. The Labute approximate surface area is 121 Å². The average Bonchev–Trinajstić information content (AvgIpc) is 2.16. The Morgan fingerprint density at radius 3 is 2.18 bits per heavy atom. The van der Waals surface area contributed by atoms with Gasteiger partial charge in [-0.05, 0) is 18.2 Å². The molecule has 5 nitrogen and oxygen atoms in total. The number of phenols is 2. The molecule has 7 heteroatoms. The smallest absolute Gasteiger partial charge is 1.00 e. The summed E-state index contributed by atoms with van der Waals surface area (Å²) >= 11 is 0. The van der Waals surface area contributed by atoms with E-state index < -0.39 is 10.1 Å². The maximum absolute atomic E-state index is 11.1. The summed E-state index contributed by atoms with van der Waals surface area (Å²) in [6.45, 7) is 0. The molecule has 0 aromatic heterocycles. The molecule has 0 atom stereocenters. The van der Waals surface area contributed by atoms with Crippen LogP contribution in [-0.4, -0.2) is 23.2 Å². The maximum Gasteiger partial charge on any atom is 1.00 e. The van der Waals surface area contributed by atoms with Gasteiger partial charge >= 0.3 is 29.6 Å². The molecule has 0 saturated carbocycles. The number of rotatable bonds is 1. The summed E-state index contributed by atoms with van der Waals surface area (Å²) < 4.78 is 31.1. The second-order valence-corrected chi connectivity index (χ2v) is 4.65. The summed E-state index contributed by atoms with van der Waals surface area (Å²) in [5.74, 6) is -0.499. The molecule has 0 bridgehead atoms. The van der Waals surface area contributed by atoms with Crippen molar-refractivity contribution in [3.63, 3.8) is 0 Å². The number of phenolic OH excluding ortho intramolecular Hbond substituents is 2. The third-order valence-corrected chi connectivity index (χ3v) is 3.15. The fourth-order valence-corrected chi connectivity index (χ4v) is 2.26. The van der Waals surface area contributed by atoms with Crippen molar-refractivity contribution in [3.8, 4) is 11.5 Å². The molecule has 0 aliphatic carbocycles. The van der Waals surface area contributed by atoms with Gasteiger partial charge in [-0.3, -0.25) is 4.55 Å². The molecule has 86 valence electrons. The summed E-state index contributed by atoms with van der Waals surface area (Å²) in [5.41, 5.74) is 0. The second-order valence-electron chi connectivity index (χ2n) is 3.26. The van der Waals surface area contributed by atoms with Gasteiger partial charge in [-0.15, -0.1) is 0 Å². The Balaban J connectivity index is 0.00000144. The number of benzene rings is 2. The molecule has 3 N–H and O–H groups in total. The molecular formula is C10H9NaO5S. The molecule has 0 radical (unpaired) electrons. The molecule has 0 fully saturated rings. The molecule has 0 aliphatic rings. The molecule has 0 saturated heterocycles. The van der Waals surface area contributed by atoms with Crippen LogP contribution in [0, 0.1) is 0 Å². The normalized spacial score (nSPS) is 11.1. The van der Waals surface area contributed by atoms with E-state index in [1.807, 2.05) is 0 Å². The predicted octanol–water partition coefficient (Wildman–Crippen LogP) is -1.39. The van der Waals surface area contributed by atoms with Crippen molar-refractivity contribution in [1.29, 1.82) is 0 Å². The molecule has 0 spiro atoms. The van der Waals surface area contributed by atoms with Crippen LogP contribution in [-0.2, 0) is 10.1 Å². The first-order valence-electron chi connectivity index (χ1n) is 4.32. The van der Waals surface area contributed by atoms with Crippen LogP contribution in [0.1, 0.15) is 1.43 Å². The zero-order chi connectivity index (χ0) is 11.9. The fourth-order valence-electron chi connectivity index (χ4n) is 1.57. The SMILES string of the molecule is O=S(=O)(O)c1ccc(O)c2c(O)cccc12.[H-].[Na+]. The first-order chi connectivity index (χ1) is 7.41. The van der Waals surface area contributed by atoms with Gasteiger partial charge in [0.25, 0.3) is 10.1 Å². The summed E-state index contributed by atoms with van der Waals surface area (Å²) in [6.07, 6.45) is 0. The second kappa shape index (κ2) is 4.83. The number of hydrogen-bond donors (Lipinski definition) is 3. The van der Waals surface area contributed by atoms with Crippen LogP contribution in [0.2, 0.25) is 0 Å². The molecule has 0 amide bonds. The van der Waals surface area contributed by atoms with Crippen LogP contribution in [0.3, 0.4) is 0 Å². The summed E-state index contributed by atoms with van der Waals surface area (Å²) in [6, 6.07) is 6.30. The summed E-state index contributed by atoms with van der Waals surface area (Å²) in [7, 11) is -4.39. The Morgan fingerprint density at radius 2 is 1.59 bits per heavy atom. The molecular weight excluding hydrogens is 255 g/mol. The van der Waals surface area contributed by atoms with Gasteiger partial charge in [-0.1, -0.05) is 12.1 Å². The summed E-state index contributed by atoms with van der Waals surface area (Å²) in [5, 5.41) is 19.1. The topological polar surface area (TPSA) is 94.8 Å². The van der Waals surface area contributed by atoms with Gasteiger partial charge in [0.05, 0.1) is 5.39 Å². The first kappa shape index (κ1) is 14.3. The summed E-state index contributed by atoms with van der Waals surface area (Å²) in [4.78, 5) is -0.351. The van der Waals surface area contributed by atoms with E-state index in [9.17, 15) is 18.6 Å². The van der Waals surface area contributed by atoms with Crippen LogP contribution in [0.4, 0.5) is 0 Å². The third kappa shape index (κ3) is 2.56. The molecule has 0 heterocycles. The molecule has 2 aromatic carbocycles. The molecule has 17 heavy (non-hydrogen) atoms. The van der Waals surface area contributed by atoms with Gasteiger partial charge in [-0.25, -0.2) is 0 Å². The van der Waals surface area contributed by atoms with Gasteiger partial charge < -0.3 is 11.6 Å². The Kier molecular flexibility index (Phi) is 4.06. The molecule has 2 rings (SSSR count). The predicted molar refractivity (Wildman–Crippen MR) is 58.2 cm³/mol. The quantitative estimate of drug-likeness (QED) is 0.435. The minimum Gasteiger partial charge on any atom is -1.00 e. The fraction of sp³-hybridized carbons (Fsp3) is 0. The van der Waals surface area contributed by atoms with Crippen molar-refractivity contribution >= 4 is 20.9 Å². The Hall–Kier alpha value is -0.790.